The highest BCUT2D eigenvalue weighted by molar-refractivity contribution is 6.38. The summed E-state index contributed by atoms with van der Waals surface area (Å²) < 4.78 is 7.10. The van der Waals surface area contributed by atoms with Crippen LogP contribution >= 0.6 is 23.2 Å². The molecule has 92 valence electrons. The van der Waals surface area contributed by atoms with Crippen molar-refractivity contribution in [1.82, 2.24) is 9.72 Å². The Bertz CT molecular complexity index is 715. The van der Waals surface area contributed by atoms with Crippen molar-refractivity contribution >= 4 is 34.1 Å². The minimum atomic E-state index is 0.629. The Hall–Kier alpha value is -1.45. The van der Waals surface area contributed by atoms with Crippen molar-refractivity contribution in [3.05, 3.63) is 52.0 Å². The second-order valence-electron chi connectivity index (χ2n) is 4.19. The van der Waals surface area contributed by atoms with Crippen LogP contribution in [0.5, 0.6) is 0 Å². The van der Waals surface area contributed by atoms with E-state index in [2.05, 4.69) is 5.16 Å². The number of nitrogens with zero attached hydrogens (tertiary/aromatic N) is 2. The van der Waals surface area contributed by atoms with Gasteiger partial charge in [-0.2, -0.15) is 0 Å². The first-order valence-corrected chi connectivity index (χ1v) is 6.25. The highest BCUT2D eigenvalue weighted by Gasteiger charge is 2.08. The number of hydrogen-bond donors (Lipinski definition) is 0. The minimum Gasteiger partial charge on any atom is -0.361 e. The Kier molecular flexibility index (Phi) is 2.80. The molecule has 0 aliphatic rings. The van der Waals surface area contributed by atoms with Crippen molar-refractivity contribution in [2.75, 3.05) is 0 Å². The van der Waals surface area contributed by atoms with E-state index in [4.69, 9.17) is 27.7 Å². The van der Waals surface area contributed by atoms with E-state index in [9.17, 15) is 0 Å². The fourth-order valence-electron chi connectivity index (χ4n) is 2.02. The van der Waals surface area contributed by atoms with Gasteiger partial charge in [-0.3, -0.25) is 0 Å². The molecule has 2 heterocycles. The van der Waals surface area contributed by atoms with Gasteiger partial charge in [-0.25, -0.2) is 0 Å². The van der Waals surface area contributed by atoms with Crippen LogP contribution in [0.25, 0.3) is 10.9 Å². The van der Waals surface area contributed by atoms with Gasteiger partial charge in [-0.15, -0.1) is 0 Å². The van der Waals surface area contributed by atoms with Gasteiger partial charge in [0.25, 0.3) is 0 Å². The van der Waals surface area contributed by atoms with Crippen LogP contribution < -0.4 is 0 Å². The molecule has 0 saturated carbocycles. The molecule has 18 heavy (non-hydrogen) atoms. The lowest BCUT2D eigenvalue weighted by atomic mass is 10.2. The smallest absolute Gasteiger partial charge is 0.133 e. The van der Waals surface area contributed by atoms with Gasteiger partial charge in [0.2, 0.25) is 0 Å². The van der Waals surface area contributed by atoms with Crippen LogP contribution in [0.1, 0.15) is 11.5 Å². The molecule has 2 aromatic heterocycles. The molecular formula is C13H10Cl2N2O. The van der Waals surface area contributed by atoms with Crippen LogP contribution in [-0.2, 0) is 6.54 Å². The van der Waals surface area contributed by atoms with Crippen LogP contribution in [0.2, 0.25) is 10.0 Å². The van der Waals surface area contributed by atoms with Gasteiger partial charge < -0.3 is 9.09 Å². The lowest BCUT2D eigenvalue weighted by Crippen LogP contribution is -1.97. The molecule has 0 N–H and O–H groups in total. The first-order valence-electron chi connectivity index (χ1n) is 5.49. The zero-order chi connectivity index (χ0) is 12.7. The van der Waals surface area contributed by atoms with Crippen molar-refractivity contribution < 1.29 is 4.52 Å². The molecule has 0 aliphatic carbocycles. The number of hydrogen-bond acceptors (Lipinski definition) is 2. The lowest BCUT2D eigenvalue weighted by Gasteiger charge is -2.03. The summed E-state index contributed by atoms with van der Waals surface area (Å²) >= 11 is 12.2. The van der Waals surface area contributed by atoms with Crippen molar-refractivity contribution in [1.29, 1.82) is 0 Å². The summed E-state index contributed by atoms with van der Waals surface area (Å²) in [6, 6.07) is 7.53. The standard InChI is InChI=1S/C13H10Cl2N2O/c1-8-4-10(16-18-8)7-17-3-2-11-12(15)5-9(14)6-13(11)17/h2-6H,7H2,1H3. The maximum atomic E-state index is 6.15. The number of benzene rings is 1. The van der Waals surface area contributed by atoms with Gasteiger partial charge in [-0.05, 0) is 25.1 Å². The van der Waals surface area contributed by atoms with E-state index in [1.165, 1.54) is 0 Å². The second-order valence-corrected chi connectivity index (χ2v) is 5.04. The average molecular weight is 281 g/mol. The molecule has 1 aromatic carbocycles. The number of aromatic nitrogens is 2. The first kappa shape index (κ1) is 11.6. The zero-order valence-electron chi connectivity index (χ0n) is 9.65. The summed E-state index contributed by atoms with van der Waals surface area (Å²) in [4.78, 5) is 0. The van der Waals surface area contributed by atoms with E-state index in [1.807, 2.05) is 35.9 Å². The summed E-state index contributed by atoms with van der Waals surface area (Å²) in [5, 5.41) is 6.26. The van der Waals surface area contributed by atoms with E-state index in [1.54, 1.807) is 6.07 Å². The van der Waals surface area contributed by atoms with E-state index in [-0.39, 0.29) is 0 Å². The Balaban J connectivity index is 2.07. The van der Waals surface area contributed by atoms with Gasteiger partial charge >= 0.3 is 0 Å². The molecule has 0 atom stereocenters. The predicted octanol–water partition coefficient (Wildman–Crippen LogP) is 4.29. The van der Waals surface area contributed by atoms with Gasteiger partial charge in [0, 0.05) is 22.7 Å². The maximum absolute atomic E-state index is 6.15. The van der Waals surface area contributed by atoms with E-state index >= 15 is 0 Å². The molecule has 3 aromatic rings. The second kappa shape index (κ2) is 4.34. The monoisotopic (exact) mass is 280 g/mol. The SMILES string of the molecule is Cc1cc(Cn2ccc3c(Cl)cc(Cl)cc32)no1. The fourth-order valence-corrected chi connectivity index (χ4v) is 2.57. The van der Waals surface area contributed by atoms with Crippen LogP contribution in [0.3, 0.4) is 0 Å². The quantitative estimate of drug-likeness (QED) is 0.701. The molecule has 0 spiro atoms. The number of fused-ring (bicyclic) bond motifs is 1. The third kappa shape index (κ3) is 2.00. The molecule has 3 nitrogen and oxygen atoms in total. The Morgan fingerprint density at radius 2 is 2.11 bits per heavy atom. The van der Waals surface area contributed by atoms with Crippen molar-refractivity contribution in [3.8, 4) is 0 Å². The minimum absolute atomic E-state index is 0.629. The van der Waals surface area contributed by atoms with Gasteiger partial charge in [0.1, 0.15) is 11.5 Å². The molecule has 3 rings (SSSR count). The van der Waals surface area contributed by atoms with Crippen molar-refractivity contribution in [2.24, 2.45) is 0 Å². The summed E-state index contributed by atoms with van der Waals surface area (Å²) in [7, 11) is 0. The van der Waals surface area contributed by atoms with Gasteiger partial charge in [0.05, 0.1) is 17.1 Å². The fraction of sp³-hybridized carbons (Fsp3) is 0.154. The average Bonchev–Trinajstić information content (AvgIpc) is 2.87. The molecule has 0 bridgehead atoms. The molecule has 0 amide bonds. The van der Waals surface area contributed by atoms with Crippen molar-refractivity contribution in [3.63, 3.8) is 0 Å². The molecule has 0 unspecified atom stereocenters. The first-order chi connectivity index (χ1) is 8.63. The largest absolute Gasteiger partial charge is 0.361 e. The predicted molar refractivity (Wildman–Crippen MR) is 72.3 cm³/mol. The Labute approximate surface area is 114 Å². The Morgan fingerprint density at radius 1 is 1.28 bits per heavy atom. The van der Waals surface area contributed by atoms with Crippen LogP contribution in [0.4, 0.5) is 0 Å². The van der Waals surface area contributed by atoms with Crippen LogP contribution in [-0.4, -0.2) is 9.72 Å². The molecule has 0 radical (unpaired) electrons. The highest BCUT2D eigenvalue weighted by Crippen LogP contribution is 2.29. The number of rotatable bonds is 2. The third-order valence-corrected chi connectivity index (χ3v) is 3.34. The Morgan fingerprint density at radius 3 is 2.83 bits per heavy atom. The molecule has 0 saturated heterocycles. The van der Waals surface area contributed by atoms with Gasteiger partial charge in [-0.1, -0.05) is 28.4 Å². The van der Waals surface area contributed by atoms with Crippen molar-refractivity contribution in [2.45, 2.75) is 13.5 Å². The van der Waals surface area contributed by atoms with E-state index < -0.39 is 0 Å². The molecule has 0 aliphatic heterocycles. The topological polar surface area (TPSA) is 31.0 Å². The molecule has 5 heteroatoms. The summed E-state index contributed by atoms with van der Waals surface area (Å²) in [6.07, 6.45) is 1.97. The summed E-state index contributed by atoms with van der Waals surface area (Å²) in [5.74, 6) is 0.803. The summed E-state index contributed by atoms with van der Waals surface area (Å²) in [5.41, 5.74) is 1.87. The van der Waals surface area contributed by atoms with Gasteiger partial charge in [0.15, 0.2) is 0 Å². The number of halogens is 2. The van der Waals surface area contributed by atoms with E-state index in [0.29, 0.717) is 16.6 Å². The zero-order valence-corrected chi connectivity index (χ0v) is 11.2. The summed E-state index contributed by atoms with van der Waals surface area (Å²) in [6.45, 7) is 2.51. The lowest BCUT2D eigenvalue weighted by molar-refractivity contribution is 0.389. The third-order valence-electron chi connectivity index (χ3n) is 2.81. The van der Waals surface area contributed by atoms with E-state index in [0.717, 1.165) is 22.4 Å². The number of aryl methyl sites for hydroxylation is 1. The van der Waals surface area contributed by atoms with Crippen LogP contribution in [0, 0.1) is 6.92 Å². The molecule has 0 fully saturated rings. The highest BCUT2D eigenvalue weighted by atomic mass is 35.5. The molecular weight excluding hydrogens is 271 g/mol. The maximum Gasteiger partial charge on any atom is 0.133 e. The van der Waals surface area contributed by atoms with Crippen LogP contribution in [0.15, 0.2) is 35.0 Å². The normalized spacial score (nSPS) is 11.3.